The van der Waals surface area contributed by atoms with Crippen molar-refractivity contribution in [3.05, 3.63) is 85.8 Å². The molecule has 0 spiro atoms. The molecule has 3 atom stereocenters. The van der Waals surface area contributed by atoms with Gasteiger partial charge in [-0.25, -0.2) is 4.98 Å². The molecule has 4 rings (SSSR count). The number of carbonyl (C=O) groups excluding carboxylic acids is 4. The molecular formula is C31H34ClN3O6S. The number of rotatable bonds is 10. The van der Waals surface area contributed by atoms with E-state index in [2.05, 4.69) is 36.3 Å². The van der Waals surface area contributed by atoms with Crippen molar-refractivity contribution < 1.29 is 28.7 Å². The molecule has 1 aliphatic heterocycles. The summed E-state index contributed by atoms with van der Waals surface area (Å²) < 4.78 is 10.7. The molecule has 1 aromatic heterocycles. The summed E-state index contributed by atoms with van der Waals surface area (Å²) in [5.41, 5.74) is 5.25. The number of thiazole rings is 1. The minimum Gasteiger partial charge on any atom is -0.448 e. The summed E-state index contributed by atoms with van der Waals surface area (Å²) in [4.78, 5) is 57.5. The van der Waals surface area contributed by atoms with Crippen molar-refractivity contribution in [3.8, 4) is 0 Å². The van der Waals surface area contributed by atoms with Crippen LogP contribution in [0.4, 0.5) is 0 Å². The van der Waals surface area contributed by atoms with E-state index in [-0.39, 0.29) is 12.6 Å². The number of aryl methyl sites for hydroxylation is 2. The molecule has 0 radical (unpaired) electrons. The predicted octanol–water partition coefficient (Wildman–Crippen LogP) is 4.85. The molecule has 0 aliphatic carbocycles. The summed E-state index contributed by atoms with van der Waals surface area (Å²) in [5.74, 6) is -2.97. The van der Waals surface area contributed by atoms with E-state index in [1.54, 1.807) is 23.1 Å². The van der Waals surface area contributed by atoms with Crippen LogP contribution in [-0.4, -0.2) is 52.4 Å². The molecule has 2 heterocycles. The van der Waals surface area contributed by atoms with Crippen LogP contribution in [0.15, 0.2) is 47.8 Å². The lowest BCUT2D eigenvalue weighted by atomic mass is 9.99. The average Bonchev–Trinajstić information content (AvgIpc) is 3.61. The average molecular weight is 612 g/mol. The summed E-state index contributed by atoms with van der Waals surface area (Å²) in [6.45, 7) is 6.81. The van der Waals surface area contributed by atoms with E-state index in [0.29, 0.717) is 35.8 Å². The van der Waals surface area contributed by atoms with Crippen LogP contribution in [0.5, 0.6) is 0 Å². The van der Waals surface area contributed by atoms with Crippen molar-refractivity contribution in [1.29, 1.82) is 0 Å². The van der Waals surface area contributed by atoms with Crippen molar-refractivity contribution in [3.63, 3.8) is 0 Å². The van der Waals surface area contributed by atoms with Gasteiger partial charge in [0.2, 0.25) is 12.2 Å². The zero-order chi connectivity index (χ0) is 30.4. The van der Waals surface area contributed by atoms with Crippen LogP contribution in [0.2, 0.25) is 5.02 Å². The fraction of sp³-hybridized carbons (Fsp3) is 0.387. The molecule has 9 nitrogen and oxygen atoms in total. The number of nitrogens with zero attached hydrogens (tertiary/aromatic N) is 2. The smallest absolute Gasteiger partial charge is 0.303 e. The molecule has 1 fully saturated rings. The third-order valence-corrected chi connectivity index (χ3v) is 8.28. The van der Waals surface area contributed by atoms with Crippen molar-refractivity contribution in [1.82, 2.24) is 15.2 Å². The molecule has 1 unspecified atom stereocenters. The van der Waals surface area contributed by atoms with Crippen molar-refractivity contribution in [2.45, 2.75) is 71.8 Å². The zero-order valence-electron chi connectivity index (χ0n) is 24.0. The van der Waals surface area contributed by atoms with Gasteiger partial charge in [-0.3, -0.25) is 19.2 Å². The summed E-state index contributed by atoms with van der Waals surface area (Å²) in [6, 6.07) is 13.0. The van der Waals surface area contributed by atoms with E-state index in [9.17, 15) is 19.2 Å². The molecule has 2 aromatic carbocycles. The summed E-state index contributed by atoms with van der Waals surface area (Å²) >= 11 is 7.57. The van der Waals surface area contributed by atoms with E-state index in [4.69, 9.17) is 21.1 Å². The van der Waals surface area contributed by atoms with Crippen LogP contribution >= 0.6 is 22.9 Å². The number of halogens is 1. The van der Waals surface area contributed by atoms with Gasteiger partial charge in [-0.2, -0.15) is 0 Å². The number of benzene rings is 2. The highest BCUT2D eigenvalue weighted by molar-refractivity contribution is 7.09. The quantitative estimate of drug-likeness (QED) is 0.326. The molecule has 2 amide bonds. The number of nitrogens with one attached hydrogen (secondary N) is 1. The van der Waals surface area contributed by atoms with Gasteiger partial charge in [0.15, 0.2) is 0 Å². The number of esters is 2. The fourth-order valence-electron chi connectivity index (χ4n) is 5.19. The van der Waals surface area contributed by atoms with Crippen LogP contribution in [0.3, 0.4) is 0 Å². The normalized spacial score (nSPS) is 16.0. The maximum atomic E-state index is 13.8. The first kappa shape index (κ1) is 31.2. The topological polar surface area (TPSA) is 115 Å². The minimum absolute atomic E-state index is 0.0455. The van der Waals surface area contributed by atoms with Crippen LogP contribution in [0.25, 0.3) is 0 Å². The highest BCUT2D eigenvalue weighted by Gasteiger charge is 2.44. The highest BCUT2D eigenvalue weighted by atomic mass is 35.5. The van der Waals surface area contributed by atoms with Crippen LogP contribution in [-0.2, 0) is 41.6 Å². The number of aromatic nitrogens is 1. The first-order chi connectivity index (χ1) is 20.0. The Kier molecular flexibility index (Phi) is 10.3. The van der Waals surface area contributed by atoms with Gasteiger partial charge in [-0.1, -0.05) is 41.9 Å². The van der Waals surface area contributed by atoms with Gasteiger partial charge in [-0.05, 0) is 61.1 Å². The Balaban J connectivity index is 1.50. The van der Waals surface area contributed by atoms with E-state index < -0.39 is 36.0 Å². The molecule has 1 aliphatic rings. The first-order valence-corrected chi connectivity index (χ1v) is 15.0. The Morgan fingerprint density at radius 1 is 1.05 bits per heavy atom. The Labute approximate surface area is 254 Å². The van der Waals surface area contributed by atoms with Crippen molar-refractivity contribution >= 4 is 46.7 Å². The van der Waals surface area contributed by atoms with Crippen LogP contribution in [0, 0.1) is 13.8 Å². The standard InChI is InChI=1S/C31H34ClN3O6S/c1-18-8-5-9-19(2)25(18)15-24-17-42-27(34-24)16-33-30(38)28(40-20(3)36)29(41-21(4)37)31(39)35-13-7-12-26(35)22-10-6-11-23(32)14-22/h5-6,8-11,14,17,26,28-29H,7,12-13,15-16H2,1-4H3,(H,33,38)/t26?,28-,29-/m1/s1. The maximum Gasteiger partial charge on any atom is 0.303 e. The number of hydrogen-bond acceptors (Lipinski definition) is 8. The van der Waals surface area contributed by atoms with Crippen LogP contribution < -0.4 is 5.32 Å². The number of ether oxygens (including phenoxy) is 2. The predicted molar refractivity (Wildman–Crippen MR) is 159 cm³/mol. The molecule has 0 bridgehead atoms. The van der Waals surface area contributed by atoms with Crippen molar-refractivity contribution in [2.24, 2.45) is 0 Å². The fourth-order valence-corrected chi connectivity index (χ4v) is 6.12. The number of amides is 2. The number of likely N-dealkylation sites (tertiary alicyclic amines) is 1. The lowest BCUT2D eigenvalue weighted by molar-refractivity contribution is -0.178. The van der Waals surface area contributed by atoms with Gasteiger partial charge >= 0.3 is 11.9 Å². The maximum absolute atomic E-state index is 13.8. The number of hydrogen-bond donors (Lipinski definition) is 1. The van der Waals surface area contributed by atoms with Crippen LogP contribution in [0.1, 0.15) is 65.7 Å². The molecule has 42 heavy (non-hydrogen) atoms. The minimum atomic E-state index is -1.69. The van der Waals surface area contributed by atoms with Gasteiger partial charge in [0.1, 0.15) is 5.01 Å². The highest BCUT2D eigenvalue weighted by Crippen LogP contribution is 2.34. The van der Waals surface area contributed by atoms with E-state index in [1.165, 1.54) is 28.0 Å². The van der Waals surface area contributed by atoms with Gasteiger partial charge in [0, 0.05) is 37.2 Å². The zero-order valence-corrected chi connectivity index (χ0v) is 25.6. The molecular weight excluding hydrogens is 578 g/mol. The molecule has 1 saturated heterocycles. The summed E-state index contributed by atoms with van der Waals surface area (Å²) in [6.07, 6.45) is -1.33. The molecule has 222 valence electrons. The molecule has 1 N–H and O–H groups in total. The second-order valence-electron chi connectivity index (χ2n) is 10.3. The molecule has 3 aromatic rings. The third kappa shape index (κ3) is 7.74. The van der Waals surface area contributed by atoms with Gasteiger partial charge in [0.25, 0.3) is 11.8 Å². The molecule has 0 saturated carbocycles. The summed E-state index contributed by atoms with van der Waals surface area (Å²) in [5, 5.41) is 5.81. The SMILES string of the molecule is CC(=O)O[C@@H](C(=O)NCc1nc(Cc2c(C)cccc2C)cs1)[C@@H](OC(C)=O)C(=O)N1CCCC1c1cccc(Cl)c1. The van der Waals surface area contributed by atoms with Gasteiger partial charge in [-0.15, -0.1) is 11.3 Å². The monoisotopic (exact) mass is 611 g/mol. The first-order valence-electron chi connectivity index (χ1n) is 13.7. The van der Waals surface area contributed by atoms with E-state index in [0.717, 1.165) is 25.1 Å². The summed E-state index contributed by atoms with van der Waals surface area (Å²) in [7, 11) is 0. The third-order valence-electron chi connectivity index (χ3n) is 7.15. The Morgan fingerprint density at radius 3 is 2.38 bits per heavy atom. The van der Waals surface area contributed by atoms with E-state index >= 15 is 0 Å². The lowest BCUT2D eigenvalue weighted by Gasteiger charge is -2.31. The van der Waals surface area contributed by atoms with Crippen molar-refractivity contribution in [2.75, 3.05) is 6.54 Å². The number of carbonyl (C=O) groups is 4. The van der Waals surface area contributed by atoms with Gasteiger partial charge in [0.05, 0.1) is 18.3 Å². The largest absolute Gasteiger partial charge is 0.448 e. The Bertz CT molecular complexity index is 1450. The second kappa shape index (κ2) is 13.9. The lowest BCUT2D eigenvalue weighted by Crippen LogP contribution is -2.53. The Morgan fingerprint density at radius 2 is 1.71 bits per heavy atom. The molecule has 11 heteroatoms. The van der Waals surface area contributed by atoms with Gasteiger partial charge < -0.3 is 19.7 Å². The Hall–Kier alpha value is -3.76. The van der Waals surface area contributed by atoms with E-state index in [1.807, 2.05) is 17.5 Å². The second-order valence-corrected chi connectivity index (χ2v) is 11.7.